The van der Waals surface area contributed by atoms with Crippen molar-refractivity contribution in [2.45, 2.75) is 13.0 Å². The third-order valence-electron chi connectivity index (χ3n) is 2.59. The molecule has 0 aliphatic rings. The van der Waals surface area contributed by atoms with Crippen molar-refractivity contribution >= 4 is 16.7 Å². The summed E-state index contributed by atoms with van der Waals surface area (Å²) in [6.45, 7) is 1.71. The van der Waals surface area contributed by atoms with E-state index in [-0.39, 0.29) is 5.78 Å². The standard InChI is InChI=1S/C12H14N2O/c1-8(13)12(15)10-4-3-9-5-6-14(2)11(9)7-10/h3-8H,13H2,1-2H3. The van der Waals surface area contributed by atoms with E-state index in [1.54, 1.807) is 6.92 Å². The molecule has 3 nitrogen and oxygen atoms in total. The predicted molar refractivity (Wildman–Crippen MR) is 60.9 cm³/mol. The van der Waals surface area contributed by atoms with Crippen LogP contribution in [-0.2, 0) is 7.05 Å². The normalized spacial score (nSPS) is 13.0. The fourth-order valence-corrected chi connectivity index (χ4v) is 1.68. The van der Waals surface area contributed by atoms with Crippen molar-refractivity contribution < 1.29 is 4.79 Å². The zero-order valence-corrected chi connectivity index (χ0v) is 8.90. The van der Waals surface area contributed by atoms with Crippen LogP contribution in [0.25, 0.3) is 10.9 Å². The molecule has 3 heteroatoms. The van der Waals surface area contributed by atoms with Crippen LogP contribution in [0.5, 0.6) is 0 Å². The maximum absolute atomic E-state index is 11.7. The minimum atomic E-state index is -0.442. The van der Waals surface area contributed by atoms with E-state index in [0.717, 1.165) is 10.9 Å². The Morgan fingerprint density at radius 2 is 2.13 bits per heavy atom. The number of carbonyl (C=O) groups excluding carboxylic acids is 1. The van der Waals surface area contributed by atoms with Crippen LogP contribution in [-0.4, -0.2) is 16.4 Å². The van der Waals surface area contributed by atoms with Crippen molar-refractivity contribution in [3.05, 3.63) is 36.0 Å². The number of aromatic nitrogens is 1. The molecule has 1 aromatic heterocycles. The minimum absolute atomic E-state index is 0.0156. The lowest BCUT2D eigenvalue weighted by molar-refractivity contribution is 0.0968. The van der Waals surface area contributed by atoms with Crippen molar-refractivity contribution in [2.75, 3.05) is 0 Å². The zero-order valence-electron chi connectivity index (χ0n) is 8.90. The second kappa shape index (κ2) is 3.51. The minimum Gasteiger partial charge on any atom is -0.351 e. The van der Waals surface area contributed by atoms with Gasteiger partial charge in [-0.1, -0.05) is 12.1 Å². The summed E-state index contributed by atoms with van der Waals surface area (Å²) in [6.07, 6.45) is 1.98. The first-order valence-corrected chi connectivity index (χ1v) is 4.94. The van der Waals surface area contributed by atoms with Crippen LogP contribution in [0.4, 0.5) is 0 Å². The highest BCUT2D eigenvalue weighted by atomic mass is 16.1. The van der Waals surface area contributed by atoms with Gasteiger partial charge in [0.25, 0.3) is 0 Å². The van der Waals surface area contributed by atoms with Crippen LogP contribution in [0, 0.1) is 0 Å². The molecule has 1 aromatic carbocycles. The summed E-state index contributed by atoms with van der Waals surface area (Å²) in [4.78, 5) is 11.7. The fourth-order valence-electron chi connectivity index (χ4n) is 1.68. The number of Topliss-reactive ketones (excluding diaryl/α,β-unsaturated/α-hetero) is 1. The quantitative estimate of drug-likeness (QED) is 0.753. The van der Waals surface area contributed by atoms with Gasteiger partial charge < -0.3 is 10.3 Å². The smallest absolute Gasteiger partial charge is 0.179 e. The highest BCUT2D eigenvalue weighted by Crippen LogP contribution is 2.17. The Kier molecular flexibility index (Phi) is 2.32. The molecule has 0 saturated heterocycles. The Balaban J connectivity index is 2.55. The van der Waals surface area contributed by atoms with Gasteiger partial charge in [-0.25, -0.2) is 0 Å². The van der Waals surface area contributed by atoms with E-state index in [9.17, 15) is 4.79 Å². The average Bonchev–Trinajstić information content (AvgIpc) is 2.59. The summed E-state index contributed by atoms with van der Waals surface area (Å²) in [5.74, 6) is -0.0156. The van der Waals surface area contributed by atoms with E-state index in [0.29, 0.717) is 5.56 Å². The van der Waals surface area contributed by atoms with Crippen LogP contribution in [0.15, 0.2) is 30.5 Å². The molecular formula is C12H14N2O. The van der Waals surface area contributed by atoms with Gasteiger partial charge in [0, 0.05) is 24.3 Å². The molecule has 2 aromatic rings. The predicted octanol–water partition coefficient (Wildman–Crippen LogP) is 1.71. The second-order valence-corrected chi connectivity index (χ2v) is 3.85. The maximum atomic E-state index is 11.7. The maximum Gasteiger partial charge on any atom is 0.179 e. The molecule has 0 aliphatic heterocycles. The van der Waals surface area contributed by atoms with E-state index < -0.39 is 6.04 Å². The average molecular weight is 202 g/mol. The third kappa shape index (κ3) is 1.66. The van der Waals surface area contributed by atoms with Crippen LogP contribution < -0.4 is 5.73 Å². The first-order valence-electron chi connectivity index (χ1n) is 4.94. The lowest BCUT2D eigenvalue weighted by Crippen LogP contribution is -2.26. The SMILES string of the molecule is CC(N)C(=O)c1ccc2ccn(C)c2c1. The molecule has 1 atom stereocenters. The van der Waals surface area contributed by atoms with Gasteiger partial charge in [-0.15, -0.1) is 0 Å². The number of hydrogen-bond donors (Lipinski definition) is 1. The van der Waals surface area contributed by atoms with E-state index in [4.69, 9.17) is 5.73 Å². The molecule has 2 rings (SSSR count). The van der Waals surface area contributed by atoms with Gasteiger partial charge in [0.05, 0.1) is 6.04 Å². The Morgan fingerprint density at radius 1 is 1.40 bits per heavy atom. The Bertz CT molecular complexity index is 511. The number of benzene rings is 1. The van der Waals surface area contributed by atoms with E-state index in [1.807, 2.05) is 42.1 Å². The number of carbonyl (C=O) groups is 1. The highest BCUT2D eigenvalue weighted by molar-refractivity contribution is 6.02. The number of hydrogen-bond acceptors (Lipinski definition) is 2. The largest absolute Gasteiger partial charge is 0.351 e. The van der Waals surface area contributed by atoms with Crippen LogP contribution in [0.1, 0.15) is 17.3 Å². The molecule has 2 N–H and O–H groups in total. The Hall–Kier alpha value is -1.61. The first kappa shape index (κ1) is 9.93. The molecule has 0 radical (unpaired) electrons. The van der Waals surface area contributed by atoms with Crippen LogP contribution in [0.2, 0.25) is 0 Å². The number of nitrogens with zero attached hydrogens (tertiary/aromatic N) is 1. The molecule has 15 heavy (non-hydrogen) atoms. The summed E-state index contributed by atoms with van der Waals surface area (Å²) < 4.78 is 1.99. The Morgan fingerprint density at radius 3 is 2.80 bits per heavy atom. The summed E-state index contributed by atoms with van der Waals surface area (Å²) >= 11 is 0. The van der Waals surface area contributed by atoms with Gasteiger partial charge in [0.1, 0.15) is 0 Å². The molecule has 0 aliphatic carbocycles. The molecule has 1 heterocycles. The third-order valence-corrected chi connectivity index (χ3v) is 2.59. The van der Waals surface area contributed by atoms with Crippen molar-refractivity contribution in [1.29, 1.82) is 0 Å². The fraction of sp³-hybridized carbons (Fsp3) is 0.250. The number of fused-ring (bicyclic) bond motifs is 1. The number of rotatable bonds is 2. The first-order chi connectivity index (χ1) is 7.09. The second-order valence-electron chi connectivity index (χ2n) is 3.85. The lowest BCUT2D eigenvalue weighted by atomic mass is 10.0. The molecule has 0 fully saturated rings. The summed E-state index contributed by atoms with van der Waals surface area (Å²) in [5, 5.41) is 1.14. The molecule has 0 spiro atoms. The van der Waals surface area contributed by atoms with Crippen LogP contribution >= 0.6 is 0 Å². The van der Waals surface area contributed by atoms with Gasteiger partial charge >= 0.3 is 0 Å². The van der Waals surface area contributed by atoms with Gasteiger partial charge in [-0.05, 0) is 24.4 Å². The summed E-state index contributed by atoms with van der Waals surface area (Å²) in [5.41, 5.74) is 7.31. The molecule has 0 amide bonds. The number of ketones is 1. The monoisotopic (exact) mass is 202 g/mol. The van der Waals surface area contributed by atoms with Gasteiger partial charge in [0.15, 0.2) is 5.78 Å². The molecule has 0 bridgehead atoms. The van der Waals surface area contributed by atoms with Crippen molar-refractivity contribution in [2.24, 2.45) is 12.8 Å². The lowest BCUT2D eigenvalue weighted by Gasteiger charge is -2.05. The van der Waals surface area contributed by atoms with Gasteiger partial charge in [-0.2, -0.15) is 0 Å². The number of aryl methyl sites for hydroxylation is 1. The van der Waals surface area contributed by atoms with E-state index in [1.165, 1.54) is 0 Å². The van der Waals surface area contributed by atoms with Crippen molar-refractivity contribution in [3.8, 4) is 0 Å². The molecule has 1 unspecified atom stereocenters. The van der Waals surface area contributed by atoms with Gasteiger partial charge in [-0.3, -0.25) is 4.79 Å². The highest BCUT2D eigenvalue weighted by Gasteiger charge is 2.11. The summed E-state index contributed by atoms with van der Waals surface area (Å²) in [6, 6.07) is 7.25. The van der Waals surface area contributed by atoms with Crippen LogP contribution in [0.3, 0.4) is 0 Å². The summed E-state index contributed by atoms with van der Waals surface area (Å²) in [7, 11) is 1.96. The zero-order chi connectivity index (χ0) is 11.0. The van der Waals surface area contributed by atoms with E-state index in [2.05, 4.69) is 0 Å². The topological polar surface area (TPSA) is 48.0 Å². The molecule has 0 saturated carbocycles. The number of nitrogens with two attached hydrogens (primary N) is 1. The van der Waals surface area contributed by atoms with Crippen molar-refractivity contribution in [3.63, 3.8) is 0 Å². The molecule has 78 valence electrons. The van der Waals surface area contributed by atoms with E-state index >= 15 is 0 Å². The molecular weight excluding hydrogens is 188 g/mol. The van der Waals surface area contributed by atoms with Gasteiger partial charge in [0.2, 0.25) is 0 Å². The van der Waals surface area contributed by atoms with Crippen molar-refractivity contribution in [1.82, 2.24) is 4.57 Å². The Labute approximate surface area is 88.5 Å².